The Kier molecular flexibility index (Phi) is 10.9. The number of nitrogens with zero attached hydrogens (tertiary/aromatic N) is 2. The van der Waals surface area contributed by atoms with Crippen molar-refractivity contribution in [1.29, 1.82) is 0 Å². The summed E-state index contributed by atoms with van der Waals surface area (Å²) in [6.07, 6.45) is 14.3. The first kappa shape index (κ1) is 29.6. The number of esters is 1. The molecule has 1 aliphatic carbocycles. The zero-order valence-corrected chi connectivity index (χ0v) is 24.9. The molecule has 42 heavy (non-hydrogen) atoms. The molecule has 1 heterocycles. The fraction of sp³-hybridized carbons (Fsp3) is 0.405. The van der Waals surface area contributed by atoms with Gasteiger partial charge in [-0.05, 0) is 59.9 Å². The van der Waals surface area contributed by atoms with E-state index in [1.165, 1.54) is 53.5 Å². The van der Waals surface area contributed by atoms with E-state index in [0.717, 1.165) is 44.4 Å². The van der Waals surface area contributed by atoms with Crippen LogP contribution in [0.25, 0.3) is 0 Å². The first-order chi connectivity index (χ1) is 20.7. The number of fused-ring (bicyclic) bond motifs is 1. The van der Waals surface area contributed by atoms with Crippen LogP contribution < -0.4 is 4.74 Å². The van der Waals surface area contributed by atoms with Crippen LogP contribution in [0.3, 0.4) is 0 Å². The largest absolute Gasteiger partial charge is 0.482 e. The highest BCUT2D eigenvalue weighted by molar-refractivity contribution is 5.71. The van der Waals surface area contributed by atoms with Crippen LogP contribution in [0.2, 0.25) is 0 Å². The second-order valence-electron chi connectivity index (χ2n) is 11.5. The average molecular weight is 565 g/mol. The van der Waals surface area contributed by atoms with Crippen LogP contribution in [0.1, 0.15) is 85.6 Å². The van der Waals surface area contributed by atoms with E-state index in [1.54, 1.807) is 0 Å². The monoisotopic (exact) mass is 564 g/mol. The number of carbonyl (C=O) groups excluding carboxylic acids is 1. The number of unbranched alkanes of at least 4 members (excludes halogenated alkanes) is 5. The maximum absolute atomic E-state index is 12.2. The number of hydrogen-bond donors (Lipinski definition) is 0. The van der Waals surface area contributed by atoms with Crippen LogP contribution >= 0.6 is 0 Å². The fourth-order valence-corrected chi connectivity index (χ4v) is 6.15. The lowest BCUT2D eigenvalue weighted by Crippen LogP contribution is -2.21. The highest BCUT2D eigenvalue weighted by Crippen LogP contribution is 2.34. The summed E-state index contributed by atoms with van der Waals surface area (Å²) in [4.78, 5) is 12.2. The molecule has 4 aromatic rings. The zero-order chi connectivity index (χ0) is 29.0. The van der Waals surface area contributed by atoms with E-state index in [1.807, 2.05) is 18.3 Å². The Hall–Kier alpha value is -3.86. The smallest absolute Gasteiger partial charge is 0.344 e. The van der Waals surface area contributed by atoms with E-state index in [9.17, 15) is 4.79 Å². The lowest BCUT2D eigenvalue weighted by atomic mass is 9.83. The second kappa shape index (κ2) is 15.4. The molecule has 0 radical (unpaired) electrons. The molecule has 0 amide bonds. The number of aromatic nitrogens is 2. The van der Waals surface area contributed by atoms with Crippen molar-refractivity contribution < 1.29 is 14.3 Å². The number of carbonyl (C=O) groups is 1. The van der Waals surface area contributed by atoms with Crippen LogP contribution in [-0.4, -0.2) is 29.0 Å². The van der Waals surface area contributed by atoms with E-state index in [2.05, 4.69) is 84.5 Å². The first-order valence-corrected chi connectivity index (χ1v) is 15.7. The number of rotatable bonds is 15. The van der Waals surface area contributed by atoms with Crippen molar-refractivity contribution in [2.45, 2.75) is 77.2 Å². The minimum atomic E-state index is -0.284. The molecule has 0 N–H and O–H groups in total. The van der Waals surface area contributed by atoms with Crippen molar-refractivity contribution in [3.05, 3.63) is 119 Å². The Morgan fingerprint density at radius 1 is 0.881 bits per heavy atom. The summed E-state index contributed by atoms with van der Waals surface area (Å²) in [5.74, 6) is 1.19. The van der Waals surface area contributed by atoms with Gasteiger partial charge in [-0.2, -0.15) is 5.10 Å². The Morgan fingerprint density at radius 2 is 1.60 bits per heavy atom. The van der Waals surface area contributed by atoms with E-state index < -0.39 is 0 Å². The number of hydrogen-bond acceptors (Lipinski definition) is 4. The van der Waals surface area contributed by atoms with Crippen molar-refractivity contribution in [2.24, 2.45) is 5.92 Å². The van der Waals surface area contributed by atoms with Gasteiger partial charge in [0.2, 0.25) is 0 Å². The third kappa shape index (κ3) is 8.12. The molecule has 0 fully saturated rings. The number of ether oxygens (including phenoxy) is 2. The van der Waals surface area contributed by atoms with Crippen molar-refractivity contribution >= 4 is 5.97 Å². The van der Waals surface area contributed by atoms with Gasteiger partial charge in [0.05, 0.1) is 12.8 Å². The van der Waals surface area contributed by atoms with E-state index in [0.29, 0.717) is 12.5 Å². The Morgan fingerprint density at radius 3 is 2.33 bits per heavy atom. The standard InChI is InChI=1S/C37H44N2O3/c1-2-3-4-5-6-13-23-41-36(40)28-42-35-20-14-19-32-24-29(21-22-34(32)35)26-39-27-33(25-38-39)37(30-15-9-7-10-16-30)31-17-11-8-12-18-31/h7-12,14-20,25,27,29,37H,2-6,13,21-24,26,28H2,1H3. The van der Waals surface area contributed by atoms with Crippen LogP contribution in [0, 0.1) is 5.92 Å². The molecule has 1 aliphatic rings. The summed E-state index contributed by atoms with van der Waals surface area (Å²) in [6, 6.07) is 27.5. The molecule has 0 bridgehead atoms. The summed E-state index contributed by atoms with van der Waals surface area (Å²) in [6.45, 7) is 3.55. The van der Waals surface area contributed by atoms with Gasteiger partial charge in [-0.1, -0.05) is 112 Å². The second-order valence-corrected chi connectivity index (χ2v) is 11.5. The zero-order valence-electron chi connectivity index (χ0n) is 24.9. The summed E-state index contributed by atoms with van der Waals surface area (Å²) >= 11 is 0. The van der Waals surface area contributed by atoms with Gasteiger partial charge in [-0.3, -0.25) is 4.68 Å². The normalized spacial score (nSPS) is 14.5. The third-order valence-corrected chi connectivity index (χ3v) is 8.35. The summed E-state index contributed by atoms with van der Waals surface area (Å²) in [5.41, 5.74) is 6.29. The molecule has 0 spiro atoms. The highest BCUT2D eigenvalue weighted by Gasteiger charge is 2.24. The maximum Gasteiger partial charge on any atom is 0.344 e. The molecule has 1 atom stereocenters. The van der Waals surface area contributed by atoms with Crippen LogP contribution in [0.15, 0.2) is 91.3 Å². The third-order valence-electron chi connectivity index (χ3n) is 8.35. The van der Waals surface area contributed by atoms with Gasteiger partial charge in [0, 0.05) is 24.2 Å². The predicted octanol–water partition coefficient (Wildman–Crippen LogP) is 8.15. The Balaban J connectivity index is 1.15. The highest BCUT2D eigenvalue weighted by atomic mass is 16.6. The van der Waals surface area contributed by atoms with E-state index in [4.69, 9.17) is 14.6 Å². The van der Waals surface area contributed by atoms with Gasteiger partial charge in [-0.15, -0.1) is 0 Å². The van der Waals surface area contributed by atoms with Gasteiger partial charge < -0.3 is 9.47 Å². The van der Waals surface area contributed by atoms with Crippen molar-refractivity contribution in [3.8, 4) is 5.75 Å². The molecular formula is C37H44N2O3. The van der Waals surface area contributed by atoms with E-state index >= 15 is 0 Å². The molecule has 0 saturated heterocycles. The van der Waals surface area contributed by atoms with E-state index in [-0.39, 0.29) is 18.5 Å². The lowest BCUT2D eigenvalue weighted by molar-refractivity contribution is -0.146. The predicted molar refractivity (Wildman–Crippen MR) is 168 cm³/mol. The Bertz CT molecular complexity index is 1340. The van der Waals surface area contributed by atoms with Gasteiger partial charge in [0.15, 0.2) is 6.61 Å². The molecular weight excluding hydrogens is 520 g/mol. The topological polar surface area (TPSA) is 53.4 Å². The van der Waals surface area contributed by atoms with Gasteiger partial charge >= 0.3 is 5.97 Å². The summed E-state index contributed by atoms with van der Waals surface area (Å²) < 4.78 is 13.5. The lowest BCUT2D eigenvalue weighted by Gasteiger charge is -2.26. The minimum absolute atomic E-state index is 0.0320. The SMILES string of the molecule is CCCCCCCCOC(=O)COc1cccc2c1CCC(Cn1cc(C(c3ccccc3)c3ccccc3)cn1)C2. The van der Waals surface area contributed by atoms with Gasteiger partial charge in [0.25, 0.3) is 0 Å². The van der Waals surface area contributed by atoms with Crippen LogP contribution in [0.4, 0.5) is 0 Å². The minimum Gasteiger partial charge on any atom is -0.482 e. The van der Waals surface area contributed by atoms with Crippen molar-refractivity contribution in [3.63, 3.8) is 0 Å². The average Bonchev–Trinajstić information content (AvgIpc) is 3.48. The van der Waals surface area contributed by atoms with Crippen molar-refractivity contribution in [2.75, 3.05) is 13.2 Å². The summed E-state index contributed by atoms with van der Waals surface area (Å²) in [7, 11) is 0. The van der Waals surface area contributed by atoms with Crippen LogP contribution in [-0.2, 0) is 28.9 Å². The first-order valence-electron chi connectivity index (χ1n) is 15.7. The van der Waals surface area contributed by atoms with Gasteiger partial charge in [0.1, 0.15) is 5.75 Å². The fourth-order valence-electron chi connectivity index (χ4n) is 6.15. The summed E-state index contributed by atoms with van der Waals surface area (Å²) in [5, 5.41) is 4.79. The molecule has 220 valence electrons. The Labute approximate surface area is 250 Å². The molecule has 0 aliphatic heterocycles. The maximum atomic E-state index is 12.2. The van der Waals surface area contributed by atoms with Crippen LogP contribution in [0.5, 0.6) is 5.75 Å². The van der Waals surface area contributed by atoms with Crippen molar-refractivity contribution in [1.82, 2.24) is 9.78 Å². The molecule has 5 rings (SSSR count). The molecule has 0 saturated carbocycles. The molecule has 3 aromatic carbocycles. The molecule has 1 unspecified atom stereocenters. The molecule has 5 nitrogen and oxygen atoms in total. The quantitative estimate of drug-likeness (QED) is 0.108. The van der Waals surface area contributed by atoms with Gasteiger partial charge in [-0.25, -0.2) is 4.79 Å². The molecule has 5 heteroatoms. The molecule has 1 aromatic heterocycles. The number of benzene rings is 3.